The summed E-state index contributed by atoms with van der Waals surface area (Å²) in [4.78, 5) is 24.2. The molecule has 6 heteroatoms. The molecule has 0 saturated heterocycles. The van der Waals surface area contributed by atoms with Gasteiger partial charge in [-0.05, 0) is 42.8 Å². The minimum Gasteiger partial charge on any atom is -0.317 e. The summed E-state index contributed by atoms with van der Waals surface area (Å²) in [5.41, 5.74) is 4.29. The van der Waals surface area contributed by atoms with Crippen LogP contribution in [0.25, 0.3) is 6.08 Å². The first kappa shape index (κ1) is 16.9. The second-order valence-electron chi connectivity index (χ2n) is 4.91. The number of halogens is 1. The van der Waals surface area contributed by atoms with E-state index < -0.39 is 5.91 Å². The molecule has 0 aromatic heterocycles. The number of carbonyl (C=O) groups is 2. The number of nitrogens with one attached hydrogen (secondary N) is 2. The highest BCUT2D eigenvalue weighted by atomic mass is 79.9. The lowest BCUT2D eigenvalue weighted by atomic mass is 10.1. The van der Waals surface area contributed by atoms with Crippen molar-refractivity contribution < 1.29 is 9.59 Å². The van der Waals surface area contributed by atoms with Gasteiger partial charge in [-0.3, -0.25) is 15.0 Å². The van der Waals surface area contributed by atoms with Gasteiger partial charge in [-0.2, -0.15) is 0 Å². The summed E-state index contributed by atoms with van der Waals surface area (Å²) in [5.74, 6) is 4.24. The van der Waals surface area contributed by atoms with E-state index in [1.165, 1.54) is 0 Å². The number of hydrogen-bond acceptors (Lipinski definition) is 3. The van der Waals surface area contributed by atoms with Gasteiger partial charge in [0.2, 0.25) is 0 Å². The van der Waals surface area contributed by atoms with Gasteiger partial charge in [0.1, 0.15) is 5.70 Å². The molecule has 0 unspecified atom stereocenters. The lowest BCUT2D eigenvalue weighted by Crippen LogP contribution is -2.38. The summed E-state index contributed by atoms with van der Waals surface area (Å²) in [7, 11) is 0. The molecule has 0 saturated carbocycles. The maximum atomic E-state index is 12.3. The minimum absolute atomic E-state index is 0.0707. The molecule has 2 rings (SSSR count). The Balaban J connectivity index is 2.27. The molecule has 23 heavy (non-hydrogen) atoms. The predicted molar refractivity (Wildman–Crippen MR) is 93.1 cm³/mol. The average Bonchev–Trinajstić information content (AvgIpc) is 2.55. The molecule has 0 aliphatic rings. The van der Waals surface area contributed by atoms with Gasteiger partial charge in [0.25, 0.3) is 11.8 Å². The largest absolute Gasteiger partial charge is 0.317 e. The molecule has 2 amide bonds. The molecule has 0 bridgehead atoms. The lowest BCUT2D eigenvalue weighted by molar-refractivity contribution is -0.117. The highest BCUT2D eigenvalue weighted by Gasteiger charge is 2.13. The topological polar surface area (TPSA) is 84.2 Å². The van der Waals surface area contributed by atoms with Crippen LogP contribution < -0.4 is 16.6 Å². The first-order chi connectivity index (χ1) is 11.0. The Hall–Kier alpha value is -2.44. The van der Waals surface area contributed by atoms with E-state index in [1.807, 2.05) is 42.7 Å². The maximum Gasteiger partial charge on any atom is 0.281 e. The normalized spacial score (nSPS) is 11.0. The van der Waals surface area contributed by atoms with Gasteiger partial charge >= 0.3 is 0 Å². The van der Waals surface area contributed by atoms with Crippen molar-refractivity contribution in [3.05, 3.63) is 75.4 Å². The molecule has 2 aromatic carbocycles. The number of nitrogens with two attached hydrogens (primary N) is 1. The van der Waals surface area contributed by atoms with Crippen LogP contribution in [0.3, 0.4) is 0 Å². The quantitative estimate of drug-likeness (QED) is 0.333. The number of carbonyl (C=O) groups excluding carboxylic acids is 2. The molecule has 0 spiro atoms. The average molecular weight is 374 g/mol. The zero-order valence-corrected chi connectivity index (χ0v) is 14.1. The van der Waals surface area contributed by atoms with Crippen LogP contribution in [-0.2, 0) is 4.79 Å². The van der Waals surface area contributed by atoms with Gasteiger partial charge in [-0.25, -0.2) is 5.84 Å². The molecule has 118 valence electrons. The smallest absolute Gasteiger partial charge is 0.281 e. The SMILES string of the molecule is Cc1cccc(C(=O)NC(=Cc2ccc(Br)cc2)C(=O)NN)c1. The molecule has 0 radical (unpaired) electrons. The second-order valence-corrected chi connectivity index (χ2v) is 5.82. The van der Waals surface area contributed by atoms with Crippen LogP contribution in [0.4, 0.5) is 0 Å². The fraction of sp³-hybridized carbons (Fsp3) is 0.0588. The van der Waals surface area contributed by atoms with Crippen molar-refractivity contribution in [1.82, 2.24) is 10.7 Å². The van der Waals surface area contributed by atoms with E-state index >= 15 is 0 Å². The molecule has 4 N–H and O–H groups in total. The van der Waals surface area contributed by atoms with E-state index in [4.69, 9.17) is 5.84 Å². The van der Waals surface area contributed by atoms with Gasteiger partial charge in [-0.1, -0.05) is 45.8 Å². The Morgan fingerprint density at radius 2 is 1.83 bits per heavy atom. The molecule has 0 aliphatic heterocycles. The van der Waals surface area contributed by atoms with Crippen molar-refractivity contribution in [2.45, 2.75) is 6.92 Å². The summed E-state index contributed by atoms with van der Waals surface area (Å²) in [6.45, 7) is 1.89. The van der Waals surface area contributed by atoms with Crippen LogP contribution in [0, 0.1) is 6.92 Å². The van der Waals surface area contributed by atoms with Crippen LogP contribution in [0.15, 0.2) is 58.7 Å². The van der Waals surface area contributed by atoms with Crippen molar-refractivity contribution in [1.29, 1.82) is 0 Å². The first-order valence-electron chi connectivity index (χ1n) is 6.86. The van der Waals surface area contributed by atoms with E-state index in [9.17, 15) is 9.59 Å². The van der Waals surface area contributed by atoms with Crippen molar-refractivity contribution >= 4 is 33.8 Å². The molecule has 2 aromatic rings. The molecule has 0 fully saturated rings. The van der Waals surface area contributed by atoms with E-state index in [-0.39, 0.29) is 11.6 Å². The van der Waals surface area contributed by atoms with Gasteiger partial charge in [0.15, 0.2) is 0 Å². The van der Waals surface area contributed by atoms with Crippen molar-refractivity contribution in [3.63, 3.8) is 0 Å². The predicted octanol–water partition coefficient (Wildman–Crippen LogP) is 2.52. The number of amides is 2. The monoisotopic (exact) mass is 373 g/mol. The number of hydrogen-bond donors (Lipinski definition) is 3. The van der Waals surface area contributed by atoms with Gasteiger partial charge in [0, 0.05) is 10.0 Å². The second kappa shape index (κ2) is 7.71. The summed E-state index contributed by atoms with van der Waals surface area (Å²) in [6.07, 6.45) is 1.56. The van der Waals surface area contributed by atoms with Gasteiger partial charge in [0.05, 0.1) is 0 Å². The molecular formula is C17H16BrN3O2. The fourth-order valence-electron chi connectivity index (χ4n) is 1.94. The molecule has 0 aliphatic carbocycles. The highest BCUT2D eigenvalue weighted by Crippen LogP contribution is 2.13. The molecule has 0 heterocycles. The van der Waals surface area contributed by atoms with Crippen molar-refractivity contribution in [2.24, 2.45) is 5.84 Å². The number of rotatable bonds is 4. The van der Waals surface area contributed by atoms with Crippen molar-refractivity contribution in [2.75, 3.05) is 0 Å². The summed E-state index contributed by atoms with van der Waals surface area (Å²) < 4.78 is 0.920. The summed E-state index contributed by atoms with van der Waals surface area (Å²) in [6, 6.07) is 14.4. The Kier molecular flexibility index (Phi) is 5.67. The van der Waals surface area contributed by atoms with E-state index in [1.54, 1.807) is 24.3 Å². The van der Waals surface area contributed by atoms with Crippen molar-refractivity contribution in [3.8, 4) is 0 Å². The third kappa shape index (κ3) is 4.77. The Bertz CT molecular complexity index is 755. The third-order valence-electron chi connectivity index (χ3n) is 3.09. The number of hydrazine groups is 1. The molecule has 0 atom stereocenters. The minimum atomic E-state index is -0.575. The van der Waals surface area contributed by atoms with Gasteiger partial charge < -0.3 is 5.32 Å². The lowest BCUT2D eigenvalue weighted by Gasteiger charge is -2.09. The first-order valence-corrected chi connectivity index (χ1v) is 7.65. The van der Waals surface area contributed by atoms with Crippen LogP contribution in [0.2, 0.25) is 0 Å². The summed E-state index contributed by atoms with van der Waals surface area (Å²) >= 11 is 3.34. The van der Waals surface area contributed by atoms with E-state index in [2.05, 4.69) is 21.2 Å². The standard InChI is InChI=1S/C17H16BrN3O2/c1-11-3-2-4-13(9-11)16(22)20-15(17(23)21-19)10-12-5-7-14(18)8-6-12/h2-10H,19H2,1H3,(H,20,22)(H,21,23). The van der Waals surface area contributed by atoms with Crippen LogP contribution >= 0.6 is 15.9 Å². The zero-order chi connectivity index (χ0) is 16.8. The maximum absolute atomic E-state index is 12.3. The molecular weight excluding hydrogens is 358 g/mol. The van der Waals surface area contributed by atoms with Crippen LogP contribution in [-0.4, -0.2) is 11.8 Å². The molecule has 5 nitrogen and oxygen atoms in total. The van der Waals surface area contributed by atoms with E-state index in [0.29, 0.717) is 5.56 Å². The number of aryl methyl sites for hydroxylation is 1. The fourth-order valence-corrected chi connectivity index (χ4v) is 2.21. The highest BCUT2D eigenvalue weighted by molar-refractivity contribution is 9.10. The van der Waals surface area contributed by atoms with Gasteiger partial charge in [-0.15, -0.1) is 0 Å². The summed E-state index contributed by atoms with van der Waals surface area (Å²) in [5, 5.41) is 2.59. The van der Waals surface area contributed by atoms with Crippen LogP contribution in [0.5, 0.6) is 0 Å². The Morgan fingerprint density at radius 1 is 1.13 bits per heavy atom. The third-order valence-corrected chi connectivity index (χ3v) is 3.61. The Labute approximate surface area is 142 Å². The Morgan fingerprint density at radius 3 is 2.43 bits per heavy atom. The zero-order valence-electron chi connectivity index (χ0n) is 12.5. The number of benzene rings is 2. The van der Waals surface area contributed by atoms with Crippen LogP contribution in [0.1, 0.15) is 21.5 Å². The van der Waals surface area contributed by atoms with E-state index in [0.717, 1.165) is 15.6 Å².